The van der Waals surface area contributed by atoms with Crippen LogP contribution < -0.4 is 10.6 Å². The number of halogens is 1. The molecule has 0 amide bonds. The van der Waals surface area contributed by atoms with Gasteiger partial charge in [0.1, 0.15) is 0 Å². The zero-order valence-corrected chi connectivity index (χ0v) is 15.4. The second kappa shape index (κ2) is 10.9. The van der Waals surface area contributed by atoms with Crippen molar-refractivity contribution in [3.8, 4) is 0 Å². The molecule has 0 aromatic heterocycles. The van der Waals surface area contributed by atoms with E-state index in [9.17, 15) is 4.21 Å². The molecule has 0 aromatic carbocycles. The fraction of sp³-hybridized carbons (Fsp3) is 0.923. The van der Waals surface area contributed by atoms with Gasteiger partial charge in [-0.15, -0.1) is 24.0 Å². The predicted octanol–water partition coefficient (Wildman–Crippen LogP) is 2.26. The lowest BCUT2D eigenvalue weighted by Crippen LogP contribution is -2.46. The molecular weight excluding hydrogens is 373 g/mol. The van der Waals surface area contributed by atoms with E-state index in [1.54, 1.807) is 0 Å². The quantitative estimate of drug-likeness (QED) is 0.422. The zero-order chi connectivity index (χ0) is 13.4. The second-order valence-electron chi connectivity index (χ2n) is 4.65. The van der Waals surface area contributed by atoms with Crippen LogP contribution in [0.25, 0.3) is 0 Å². The van der Waals surface area contributed by atoms with Crippen molar-refractivity contribution in [1.29, 1.82) is 0 Å². The van der Waals surface area contributed by atoms with E-state index in [1.165, 1.54) is 6.42 Å². The summed E-state index contributed by atoms with van der Waals surface area (Å²) in [5.74, 6) is 1.67. The molecule has 4 nitrogen and oxygen atoms in total. The SMILES string of the molecule is CCN=C(NCC)NC1CCCC(S(=O)CC)C1.I. The van der Waals surface area contributed by atoms with Crippen molar-refractivity contribution < 1.29 is 4.21 Å². The van der Waals surface area contributed by atoms with Gasteiger partial charge in [0.25, 0.3) is 0 Å². The summed E-state index contributed by atoms with van der Waals surface area (Å²) in [6, 6.07) is 0.420. The average molecular weight is 401 g/mol. The van der Waals surface area contributed by atoms with Crippen LogP contribution in [0.5, 0.6) is 0 Å². The number of aliphatic imine (C=N–C) groups is 1. The first-order valence-electron chi connectivity index (χ1n) is 7.13. The second-order valence-corrected chi connectivity index (χ2v) is 6.66. The molecule has 0 aromatic rings. The highest BCUT2D eigenvalue weighted by Gasteiger charge is 2.25. The first-order valence-corrected chi connectivity index (χ1v) is 8.51. The normalized spacial score (nSPS) is 25.3. The van der Waals surface area contributed by atoms with Gasteiger partial charge in [0.2, 0.25) is 0 Å². The van der Waals surface area contributed by atoms with Crippen LogP contribution in [-0.4, -0.2) is 40.3 Å². The summed E-state index contributed by atoms with van der Waals surface area (Å²) in [4.78, 5) is 4.42. The zero-order valence-electron chi connectivity index (χ0n) is 12.3. The van der Waals surface area contributed by atoms with Crippen LogP contribution in [-0.2, 0) is 10.8 Å². The molecule has 6 heteroatoms. The standard InChI is InChI=1S/C13H27N3OS.HI/c1-4-14-13(15-5-2)16-11-8-7-9-12(10-11)18(17)6-3;/h11-12H,4-10H2,1-3H3,(H2,14,15,16);1H. The van der Waals surface area contributed by atoms with Crippen LogP contribution in [0.1, 0.15) is 46.5 Å². The molecule has 1 aliphatic carbocycles. The van der Waals surface area contributed by atoms with Gasteiger partial charge >= 0.3 is 0 Å². The van der Waals surface area contributed by atoms with E-state index in [0.29, 0.717) is 11.3 Å². The monoisotopic (exact) mass is 401 g/mol. The summed E-state index contributed by atoms with van der Waals surface area (Å²) in [5.41, 5.74) is 0. The average Bonchev–Trinajstić information content (AvgIpc) is 2.39. The molecule has 1 fully saturated rings. The van der Waals surface area contributed by atoms with Gasteiger partial charge in [-0.25, -0.2) is 0 Å². The van der Waals surface area contributed by atoms with Gasteiger partial charge in [-0.05, 0) is 33.1 Å². The molecule has 3 atom stereocenters. The Morgan fingerprint density at radius 2 is 2.05 bits per heavy atom. The Bertz CT molecular complexity index is 300. The van der Waals surface area contributed by atoms with Crippen LogP contribution in [0, 0.1) is 0 Å². The first kappa shape index (κ1) is 19.1. The molecule has 19 heavy (non-hydrogen) atoms. The number of rotatable bonds is 5. The number of hydrogen-bond donors (Lipinski definition) is 2. The Morgan fingerprint density at radius 1 is 1.32 bits per heavy atom. The molecule has 0 bridgehead atoms. The molecule has 2 N–H and O–H groups in total. The van der Waals surface area contributed by atoms with Crippen molar-refractivity contribution >= 4 is 40.7 Å². The van der Waals surface area contributed by atoms with Gasteiger partial charge in [0, 0.05) is 40.9 Å². The van der Waals surface area contributed by atoms with Crippen molar-refractivity contribution in [1.82, 2.24) is 10.6 Å². The highest BCUT2D eigenvalue weighted by molar-refractivity contribution is 14.0. The highest BCUT2D eigenvalue weighted by Crippen LogP contribution is 2.22. The maximum absolute atomic E-state index is 11.9. The maximum atomic E-state index is 11.9. The van der Waals surface area contributed by atoms with E-state index in [-0.39, 0.29) is 24.0 Å². The summed E-state index contributed by atoms with van der Waals surface area (Å²) < 4.78 is 11.9. The van der Waals surface area contributed by atoms with Gasteiger partial charge in [0.15, 0.2) is 5.96 Å². The van der Waals surface area contributed by atoms with E-state index < -0.39 is 10.8 Å². The summed E-state index contributed by atoms with van der Waals surface area (Å²) in [7, 11) is -0.657. The van der Waals surface area contributed by atoms with E-state index in [2.05, 4.69) is 22.5 Å². The number of nitrogens with zero attached hydrogens (tertiary/aromatic N) is 1. The molecule has 1 rings (SSSR count). The number of nitrogens with one attached hydrogen (secondary N) is 2. The minimum Gasteiger partial charge on any atom is -0.357 e. The van der Waals surface area contributed by atoms with E-state index in [1.807, 2.05) is 13.8 Å². The molecule has 0 aliphatic heterocycles. The summed E-state index contributed by atoms with van der Waals surface area (Å²) >= 11 is 0. The molecule has 3 unspecified atom stereocenters. The van der Waals surface area contributed by atoms with Gasteiger partial charge < -0.3 is 10.6 Å². The van der Waals surface area contributed by atoms with Crippen LogP contribution >= 0.6 is 24.0 Å². The smallest absolute Gasteiger partial charge is 0.191 e. The van der Waals surface area contributed by atoms with Gasteiger partial charge in [-0.1, -0.05) is 13.3 Å². The van der Waals surface area contributed by atoms with Crippen LogP contribution in [0.15, 0.2) is 4.99 Å². The molecule has 1 saturated carbocycles. The Hall–Kier alpha value is 0.150. The van der Waals surface area contributed by atoms with E-state index in [4.69, 9.17) is 0 Å². The van der Waals surface area contributed by atoms with Crippen molar-refractivity contribution in [3.05, 3.63) is 0 Å². The minimum atomic E-state index is -0.657. The van der Waals surface area contributed by atoms with Crippen molar-refractivity contribution in [2.24, 2.45) is 4.99 Å². The Balaban J connectivity index is 0.00000324. The van der Waals surface area contributed by atoms with Crippen molar-refractivity contribution in [2.75, 3.05) is 18.8 Å². The lowest BCUT2D eigenvalue weighted by Gasteiger charge is -2.30. The molecule has 0 saturated heterocycles. The molecule has 0 heterocycles. The summed E-state index contributed by atoms with van der Waals surface area (Å²) in [5, 5.41) is 7.09. The molecule has 0 spiro atoms. The van der Waals surface area contributed by atoms with Crippen molar-refractivity contribution in [2.45, 2.75) is 57.7 Å². The Morgan fingerprint density at radius 3 is 2.63 bits per heavy atom. The minimum absolute atomic E-state index is 0. The third-order valence-electron chi connectivity index (χ3n) is 3.28. The van der Waals surface area contributed by atoms with E-state index in [0.717, 1.165) is 44.1 Å². The fourth-order valence-corrected chi connectivity index (χ4v) is 3.77. The largest absolute Gasteiger partial charge is 0.357 e. The third-order valence-corrected chi connectivity index (χ3v) is 5.02. The topological polar surface area (TPSA) is 53.5 Å². The van der Waals surface area contributed by atoms with Crippen LogP contribution in [0.3, 0.4) is 0 Å². The third kappa shape index (κ3) is 6.92. The van der Waals surface area contributed by atoms with E-state index >= 15 is 0 Å². The molecular formula is C13H28IN3OS. The predicted molar refractivity (Wildman–Crippen MR) is 94.9 cm³/mol. The van der Waals surface area contributed by atoms with Crippen LogP contribution in [0.4, 0.5) is 0 Å². The highest BCUT2D eigenvalue weighted by atomic mass is 127. The number of guanidine groups is 1. The fourth-order valence-electron chi connectivity index (χ4n) is 2.42. The Labute approximate surface area is 137 Å². The molecule has 1 aliphatic rings. The maximum Gasteiger partial charge on any atom is 0.191 e. The Kier molecular flexibility index (Phi) is 11.0. The van der Waals surface area contributed by atoms with Gasteiger partial charge in [0.05, 0.1) is 0 Å². The van der Waals surface area contributed by atoms with Gasteiger partial charge in [-0.3, -0.25) is 9.20 Å². The lowest BCUT2D eigenvalue weighted by atomic mass is 9.95. The lowest BCUT2D eigenvalue weighted by molar-refractivity contribution is 0.413. The number of hydrogen-bond acceptors (Lipinski definition) is 2. The molecule has 114 valence electrons. The van der Waals surface area contributed by atoms with Crippen molar-refractivity contribution in [3.63, 3.8) is 0 Å². The van der Waals surface area contributed by atoms with Crippen LogP contribution in [0.2, 0.25) is 0 Å². The molecule has 0 radical (unpaired) electrons. The summed E-state index contributed by atoms with van der Waals surface area (Å²) in [6.45, 7) is 7.78. The van der Waals surface area contributed by atoms with Gasteiger partial charge in [-0.2, -0.15) is 0 Å². The first-order chi connectivity index (χ1) is 8.71. The summed E-state index contributed by atoms with van der Waals surface area (Å²) in [6.07, 6.45) is 4.44.